The first kappa shape index (κ1) is 37.1. The fourth-order valence-corrected chi connectivity index (χ4v) is 9.22. The highest BCUT2D eigenvalue weighted by atomic mass is 19.1. The summed E-state index contributed by atoms with van der Waals surface area (Å²) in [7, 11) is 0. The molecule has 280 valence electrons. The number of carbonyl (C=O) groups excluding carboxylic acids is 1. The molecule has 1 N–H and O–H groups in total. The van der Waals surface area contributed by atoms with Crippen molar-refractivity contribution in [2.45, 2.75) is 71.6 Å². The molecule has 8 rings (SSSR count). The maximum Gasteiger partial charge on any atom is 0.335 e. The smallest absolute Gasteiger partial charge is 0.335 e. The van der Waals surface area contributed by atoms with Crippen LogP contribution in [0.1, 0.15) is 103 Å². The number of hydrogen-bond donors (Lipinski definition) is 1. The fraction of sp³-hybridized carbons (Fsp3) is 0.231. The summed E-state index contributed by atoms with van der Waals surface area (Å²) in [5, 5.41) is 13.6. The molecule has 0 heterocycles. The van der Waals surface area contributed by atoms with E-state index in [0.29, 0.717) is 12.0 Å². The molecule has 0 aliphatic heterocycles. The topological polar surface area (TPSA) is 54.4 Å². The first-order valence-electron chi connectivity index (χ1n) is 19.5. The van der Waals surface area contributed by atoms with Crippen molar-refractivity contribution in [3.05, 3.63) is 178 Å². The molecule has 0 bridgehead atoms. The number of carboxylic acids is 1. The molecule has 6 aromatic carbocycles. The quantitative estimate of drug-likeness (QED) is 0.125. The van der Waals surface area contributed by atoms with Crippen LogP contribution in [-0.4, -0.2) is 16.9 Å². The molecule has 3 nitrogen and oxygen atoms in total. The summed E-state index contributed by atoms with van der Waals surface area (Å²) in [6.45, 7) is 13.8. The average molecular weight is 739 g/mol. The molecule has 6 aromatic rings. The number of benzene rings is 6. The van der Waals surface area contributed by atoms with Gasteiger partial charge in [0.15, 0.2) is 5.78 Å². The van der Waals surface area contributed by atoms with Crippen molar-refractivity contribution in [2.75, 3.05) is 0 Å². The third-order valence-electron chi connectivity index (χ3n) is 11.9. The molecule has 56 heavy (non-hydrogen) atoms. The number of allylic oxidation sites excluding steroid dienone is 5. The summed E-state index contributed by atoms with van der Waals surface area (Å²) < 4.78 is 14.2. The lowest BCUT2D eigenvalue weighted by atomic mass is 9.63. The van der Waals surface area contributed by atoms with Crippen LogP contribution in [-0.2, 0) is 17.3 Å². The standard InChI is InChI=1S/C52H47FO3/c1-50(2)26-25-41-38(29-50)31-52(5,6)48-44(41)23-17-35-27-36(28-37(46(35)48)30-51(3,4)39-18-20-40(53)21-19-39)43-22-16-33-9-7-8-10-42(33)47(43)45(54)24-13-32-11-14-34(15-12-32)49(55)56/h7-28H,29-31H2,1-6H3,(H,55,56). The minimum Gasteiger partial charge on any atom is -0.478 e. The van der Waals surface area contributed by atoms with Crippen LogP contribution in [0.2, 0.25) is 0 Å². The highest BCUT2D eigenvalue weighted by Gasteiger charge is 2.38. The van der Waals surface area contributed by atoms with Crippen molar-refractivity contribution < 1.29 is 19.1 Å². The molecule has 2 aliphatic carbocycles. The normalized spacial score (nSPS) is 16.0. The number of rotatable bonds is 8. The Labute approximate surface area is 328 Å². The summed E-state index contributed by atoms with van der Waals surface area (Å²) >= 11 is 0. The lowest BCUT2D eigenvalue weighted by molar-refractivity contribution is 0.0696. The Hall–Kier alpha value is -5.87. The zero-order valence-electron chi connectivity index (χ0n) is 33.0. The van der Waals surface area contributed by atoms with E-state index in [9.17, 15) is 19.1 Å². The van der Waals surface area contributed by atoms with Gasteiger partial charge in [-0.3, -0.25) is 4.79 Å². The van der Waals surface area contributed by atoms with Crippen molar-refractivity contribution in [3.8, 4) is 11.1 Å². The Kier molecular flexibility index (Phi) is 9.07. The van der Waals surface area contributed by atoms with Gasteiger partial charge in [-0.2, -0.15) is 0 Å². The molecule has 0 radical (unpaired) electrons. The highest BCUT2D eigenvalue weighted by molar-refractivity contribution is 6.19. The van der Waals surface area contributed by atoms with Gasteiger partial charge in [0.2, 0.25) is 0 Å². The van der Waals surface area contributed by atoms with Gasteiger partial charge in [0.05, 0.1) is 5.56 Å². The second-order valence-corrected chi connectivity index (χ2v) is 17.7. The Morgan fingerprint density at radius 3 is 2.23 bits per heavy atom. The number of carbonyl (C=O) groups is 2. The summed E-state index contributed by atoms with van der Waals surface area (Å²) in [6, 6.07) is 34.6. The van der Waals surface area contributed by atoms with E-state index in [4.69, 9.17) is 0 Å². The number of hydrogen-bond acceptors (Lipinski definition) is 2. The molecule has 0 saturated heterocycles. The van der Waals surface area contributed by atoms with Crippen LogP contribution in [0, 0.1) is 11.2 Å². The summed E-state index contributed by atoms with van der Waals surface area (Å²) in [4.78, 5) is 25.8. The van der Waals surface area contributed by atoms with Crippen LogP contribution in [0.25, 0.3) is 44.3 Å². The summed E-state index contributed by atoms with van der Waals surface area (Å²) in [5.41, 5.74) is 10.8. The minimum atomic E-state index is -0.992. The van der Waals surface area contributed by atoms with Gasteiger partial charge < -0.3 is 5.11 Å². The van der Waals surface area contributed by atoms with Crippen molar-refractivity contribution in [2.24, 2.45) is 5.41 Å². The van der Waals surface area contributed by atoms with Crippen molar-refractivity contribution in [1.29, 1.82) is 0 Å². The molecule has 0 spiro atoms. The van der Waals surface area contributed by atoms with Crippen LogP contribution >= 0.6 is 0 Å². The van der Waals surface area contributed by atoms with Gasteiger partial charge in [-0.25, -0.2) is 9.18 Å². The Balaban J connectivity index is 1.34. The van der Waals surface area contributed by atoms with E-state index in [1.807, 2.05) is 36.4 Å². The average Bonchev–Trinajstić information content (AvgIpc) is 3.15. The lowest BCUT2D eigenvalue weighted by Gasteiger charge is -2.41. The van der Waals surface area contributed by atoms with Crippen LogP contribution in [0.4, 0.5) is 4.39 Å². The molecule has 0 aromatic heterocycles. The van der Waals surface area contributed by atoms with Crippen molar-refractivity contribution >= 4 is 44.9 Å². The number of carboxylic acid groups (broad SMARTS) is 1. The maximum atomic E-state index is 14.4. The largest absolute Gasteiger partial charge is 0.478 e. The first-order valence-corrected chi connectivity index (χ1v) is 19.5. The Bertz CT molecular complexity index is 2670. The third-order valence-corrected chi connectivity index (χ3v) is 11.9. The van der Waals surface area contributed by atoms with Gasteiger partial charge in [0.25, 0.3) is 0 Å². The maximum absolute atomic E-state index is 14.4. The van der Waals surface area contributed by atoms with Gasteiger partial charge in [-0.05, 0) is 138 Å². The summed E-state index contributed by atoms with van der Waals surface area (Å²) in [6.07, 6.45) is 10.8. The number of ketones is 1. The van der Waals surface area contributed by atoms with E-state index in [1.54, 1.807) is 48.6 Å². The van der Waals surface area contributed by atoms with Gasteiger partial charge in [0, 0.05) is 5.56 Å². The zero-order valence-corrected chi connectivity index (χ0v) is 33.0. The van der Waals surface area contributed by atoms with E-state index >= 15 is 0 Å². The van der Waals surface area contributed by atoms with Crippen LogP contribution in [0.5, 0.6) is 0 Å². The Morgan fingerprint density at radius 1 is 0.804 bits per heavy atom. The van der Waals surface area contributed by atoms with Crippen LogP contribution in [0.3, 0.4) is 0 Å². The third kappa shape index (κ3) is 6.83. The van der Waals surface area contributed by atoms with Gasteiger partial charge in [0.1, 0.15) is 5.82 Å². The molecular weight excluding hydrogens is 692 g/mol. The van der Waals surface area contributed by atoms with Crippen LogP contribution < -0.4 is 0 Å². The van der Waals surface area contributed by atoms with E-state index in [2.05, 4.69) is 90.1 Å². The highest BCUT2D eigenvalue weighted by Crippen LogP contribution is 2.52. The number of aromatic carboxylic acids is 1. The lowest BCUT2D eigenvalue weighted by Crippen LogP contribution is -2.28. The van der Waals surface area contributed by atoms with E-state index in [-0.39, 0.29) is 33.4 Å². The van der Waals surface area contributed by atoms with E-state index < -0.39 is 5.97 Å². The molecular formula is C52H47FO3. The molecule has 2 aliphatic rings. The predicted octanol–water partition coefficient (Wildman–Crippen LogP) is 13.3. The first-order chi connectivity index (χ1) is 26.6. The SMILES string of the molecule is CC1(C)C=CC2=C(C1)CC(C)(C)c1c2ccc2cc(-c3ccc4ccccc4c3C(=O)C=Cc3ccc(C(=O)O)cc3)cc(CC(C)(C)c3ccc(F)cc3)c12. The number of halogens is 1. The molecule has 0 unspecified atom stereocenters. The Morgan fingerprint density at radius 2 is 1.50 bits per heavy atom. The van der Waals surface area contributed by atoms with Gasteiger partial charge >= 0.3 is 5.97 Å². The molecule has 0 amide bonds. The number of fused-ring (bicyclic) bond motifs is 5. The second kappa shape index (κ2) is 13.7. The van der Waals surface area contributed by atoms with E-state index in [1.165, 1.54) is 33.2 Å². The van der Waals surface area contributed by atoms with Crippen molar-refractivity contribution in [3.63, 3.8) is 0 Å². The minimum absolute atomic E-state index is 0.122. The fourth-order valence-electron chi connectivity index (χ4n) is 9.22. The molecule has 4 heteroatoms. The van der Waals surface area contributed by atoms with Crippen LogP contribution in [0.15, 0.2) is 133 Å². The van der Waals surface area contributed by atoms with Crippen molar-refractivity contribution in [1.82, 2.24) is 0 Å². The van der Waals surface area contributed by atoms with E-state index in [0.717, 1.165) is 51.3 Å². The molecule has 0 fully saturated rings. The predicted molar refractivity (Wildman–Crippen MR) is 229 cm³/mol. The molecule has 0 saturated carbocycles. The van der Waals surface area contributed by atoms with Gasteiger partial charge in [-0.1, -0.05) is 144 Å². The summed E-state index contributed by atoms with van der Waals surface area (Å²) in [5.74, 6) is -1.38. The second-order valence-electron chi connectivity index (χ2n) is 17.7. The van der Waals surface area contributed by atoms with Gasteiger partial charge in [-0.15, -0.1) is 0 Å². The monoisotopic (exact) mass is 738 g/mol. The molecule has 0 atom stereocenters. The zero-order chi connectivity index (χ0) is 39.6.